The van der Waals surface area contributed by atoms with E-state index in [1.165, 1.54) is 6.33 Å². The number of hydrogen-bond donors (Lipinski definition) is 0. The fourth-order valence-electron chi connectivity index (χ4n) is 1.57. The molecule has 0 spiro atoms. The van der Waals surface area contributed by atoms with Crippen LogP contribution < -0.4 is 4.74 Å². The molecule has 0 radical (unpaired) electrons. The summed E-state index contributed by atoms with van der Waals surface area (Å²) in [5, 5.41) is 0.738. The van der Waals surface area contributed by atoms with Crippen molar-refractivity contribution in [2.75, 3.05) is 7.11 Å². The van der Waals surface area contributed by atoms with Crippen LogP contribution in [0.5, 0.6) is 5.88 Å². The van der Waals surface area contributed by atoms with E-state index in [2.05, 4.69) is 25.9 Å². The molecule has 0 aliphatic carbocycles. The van der Waals surface area contributed by atoms with Gasteiger partial charge in [0, 0.05) is 28.0 Å². The van der Waals surface area contributed by atoms with Crippen LogP contribution in [-0.4, -0.2) is 17.1 Å². The van der Waals surface area contributed by atoms with E-state index < -0.39 is 0 Å². The number of methoxy groups -OCH3 is 1. The maximum atomic E-state index is 5.86. The lowest BCUT2D eigenvalue weighted by Crippen LogP contribution is -1.99. The van der Waals surface area contributed by atoms with Crippen molar-refractivity contribution in [1.29, 1.82) is 0 Å². The van der Waals surface area contributed by atoms with Crippen molar-refractivity contribution in [3.8, 4) is 5.88 Å². The summed E-state index contributed by atoms with van der Waals surface area (Å²) in [5.41, 5.74) is 2.09. The molecular formula is C13H12BrClN2O. The summed E-state index contributed by atoms with van der Waals surface area (Å²) in [6.07, 6.45) is 2.27. The van der Waals surface area contributed by atoms with E-state index in [-0.39, 0.29) is 4.83 Å². The van der Waals surface area contributed by atoms with Crippen LogP contribution in [0.2, 0.25) is 5.02 Å². The quantitative estimate of drug-likeness (QED) is 0.801. The number of halogens is 2. The molecule has 0 aliphatic heterocycles. The second-order valence-electron chi connectivity index (χ2n) is 3.77. The van der Waals surface area contributed by atoms with Gasteiger partial charge < -0.3 is 4.74 Å². The molecule has 1 aromatic heterocycles. The molecule has 18 heavy (non-hydrogen) atoms. The van der Waals surface area contributed by atoms with E-state index >= 15 is 0 Å². The van der Waals surface area contributed by atoms with E-state index in [1.54, 1.807) is 7.11 Å². The summed E-state index contributed by atoms with van der Waals surface area (Å²) in [6, 6.07) is 9.60. The van der Waals surface area contributed by atoms with Crippen LogP contribution in [0.15, 0.2) is 36.7 Å². The topological polar surface area (TPSA) is 35.0 Å². The Hall–Kier alpha value is -1.13. The first-order valence-corrected chi connectivity index (χ1v) is 6.73. The van der Waals surface area contributed by atoms with Gasteiger partial charge in [0.1, 0.15) is 6.33 Å². The van der Waals surface area contributed by atoms with Crippen LogP contribution in [0.3, 0.4) is 0 Å². The maximum Gasteiger partial charge on any atom is 0.216 e. The fraction of sp³-hybridized carbons (Fsp3) is 0.231. The second-order valence-corrected chi connectivity index (χ2v) is 5.32. The van der Waals surface area contributed by atoms with E-state index in [1.807, 2.05) is 30.3 Å². The molecule has 0 amide bonds. The first-order valence-electron chi connectivity index (χ1n) is 5.43. The minimum Gasteiger partial charge on any atom is -0.481 e. The number of benzene rings is 1. The third-order valence-corrected chi connectivity index (χ3v) is 3.63. The molecule has 0 N–H and O–H groups in total. The Kier molecular flexibility index (Phi) is 4.55. The average molecular weight is 328 g/mol. The summed E-state index contributed by atoms with van der Waals surface area (Å²) in [5.74, 6) is 0.579. The van der Waals surface area contributed by atoms with Gasteiger partial charge in [-0.15, -0.1) is 0 Å². The van der Waals surface area contributed by atoms with E-state index in [0.717, 1.165) is 22.7 Å². The molecule has 3 nitrogen and oxygen atoms in total. The molecule has 0 saturated carbocycles. The Morgan fingerprint density at radius 1 is 1.28 bits per heavy atom. The Morgan fingerprint density at radius 2 is 2.00 bits per heavy atom. The predicted molar refractivity (Wildman–Crippen MR) is 75.4 cm³/mol. The number of rotatable bonds is 4. The normalized spacial score (nSPS) is 12.2. The highest BCUT2D eigenvalue weighted by Crippen LogP contribution is 2.27. The SMILES string of the molecule is COc1cc(CC(Br)c2ccc(Cl)cc2)ncn1. The first kappa shape index (κ1) is 13.3. The van der Waals surface area contributed by atoms with Crippen LogP contribution in [0.1, 0.15) is 16.1 Å². The largest absolute Gasteiger partial charge is 0.481 e. The molecule has 1 aromatic carbocycles. The molecule has 1 heterocycles. The number of alkyl halides is 1. The van der Waals surface area contributed by atoms with Crippen molar-refractivity contribution < 1.29 is 4.74 Å². The minimum atomic E-state index is 0.189. The van der Waals surface area contributed by atoms with Crippen LogP contribution >= 0.6 is 27.5 Å². The van der Waals surface area contributed by atoms with Crippen molar-refractivity contribution >= 4 is 27.5 Å². The summed E-state index contributed by atoms with van der Waals surface area (Å²) >= 11 is 9.51. The molecular weight excluding hydrogens is 316 g/mol. The average Bonchev–Trinajstić information content (AvgIpc) is 2.39. The zero-order valence-electron chi connectivity index (χ0n) is 9.81. The maximum absolute atomic E-state index is 5.86. The smallest absolute Gasteiger partial charge is 0.216 e. The van der Waals surface area contributed by atoms with Gasteiger partial charge in [-0.1, -0.05) is 39.7 Å². The monoisotopic (exact) mass is 326 g/mol. The van der Waals surface area contributed by atoms with E-state index in [0.29, 0.717) is 5.88 Å². The van der Waals surface area contributed by atoms with Crippen molar-refractivity contribution in [2.45, 2.75) is 11.2 Å². The second kappa shape index (κ2) is 6.16. The summed E-state index contributed by atoms with van der Waals surface area (Å²) in [7, 11) is 1.59. The lowest BCUT2D eigenvalue weighted by Gasteiger charge is -2.10. The Balaban J connectivity index is 2.10. The van der Waals surface area contributed by atoms with E-state index in [4.69, 9.17) is 16.3 Å². The van der Waals surface area contributed by atoms with Crippen molar-refractivity contribution in [2.24, 2.45) is 0 Å². The first-order chi connectivity index (χ1) is 8.69. The molecule has 0 fully saturated rings. The van der Waals surface area contributed by atoms with Crippen LogP contribution in [0, 0.1) is 0 Å². The standard InChI is InChI=1S/C13H12BrClN2O/c1-18-13-7-11(16-8-17-13)6-12(14)9-2-4-10(15)5-3-9/h2-5,7-8,12H,6H2,1H3. The summed E-state index contributed by atoms with van der Waals surface area (Å²) < 4.78 is 5.07. The molecule has 1 unspecified atom stereocenters. The minimum absolute atomic E-state index is 0.189. The van der Waals surface area contributed by atoms with Gasteiger partial charge in [-0.2, -0.15) is 0 Å². The molecule has 94 valence electrons. The molecule has 0 aliphatic rings. The van der Waals surface area contributed by atoms with Gasteiger partial charge >= 0.3 is 0 Å². The third kappa shape index (κ3) is 3.43. The summed E-state index contributed by atoms with van der Waals surface area (Å²) in [6.45, 7) is 0. The van der Waals surface area contributed by atoms with Gasteiger partial charge in [0.05, 0.1) is 7.11 Å². The van der Waals surface area contributed by atoms with Crippen LogP contribution in [0.25, 0.3) is 0 Å². The zero-order chi connectivity index (χ0) is 13.0. The summed E-state index contributed by atoms with van der Waals surface area (Å²) in [4.78, 5) is 8.40. The molecule has 5 heteroatoms. The number of ether oxygens (including phenoxy) is 1. The van der Waals surface area contributed by atoms with Gasteiger partial charge in [-0.05, 0) is 17.7 Å². The number of hydrogen-bond acceptors (Lipinski definition) is 3. The number of aromatic nitrogens is 2. The molecule has 0 bridgehead atoms. The van der Waals surface area contributed by atoms with Gasteiger partial charge in [0.15, 0.2) is 0 Å². The Bertz CT molecular complexity index is 519. The van der Waals surface area contributed by atoms with Crippen molar-refractivity contribution in [3.05, 3.63) is 52.9 Å². The highest BCUT2D eigenvalue weighted by atomic mass is 79.9. The Morgan fingerprint density at radius 3 is 2.67 bits per heavy atom. The lowest BCUT2D eigenvalue weighted by molar-refractivity contribution is 0.396. The highest BCUT2D eigenvalue weighted by Gasteiger charge is 2.10. The molecule has 1 atom stereocenters. The fourth-order valence-corrected chi connectivity index (χ4v) is 2.34. The molecule has 0 saturated heterocycles. The highest BCUT2D eigenvalue weighted by molar-refractivity contribution is 9.09. The van der Waals surface area contributed by atoms with Gasteiger partial charge in [-0.25, -0.2) is 9.97 Å². The lowest BCUT2D eigenvalue weighted by atomic mass is 10.1. The predicted octanol–water partition coefficient (Wildman–Crippen LogP) is 3.82. The number of nitrogens with zero attached hydrogens (tertiary/aromatic N) is 2. The van der Waals surface area contributed by atoms with Gasteiger partial charge in [0.2, 0.25) is 5.88 Å². The molecule has 2 rings (SSSR count). The van der Waals surface area contributed by atoms with Crippen LogP contribution in [0.4, 0.5) is 0 Å². The molecule has 2 aromatic rings. The van der Waals surface area contributed by atoms with Gasteiger partial charge in [0.25, 0.3) is 0 Å². The third-order valence-electron chi connectivity index (χ3n) is 2.53. The zero-order valence-corrected chi connectivity index (χ0v) is 12.1. The van der Waals surface area contributed by atoms with Crippen LogP contribution in [-0.2, 0) is 6.42 Å². The Labute approximate surface area is 119 Å². The van der Waals surface area contributed by atoms with Gasteiger partial charge in [-0.3, -0.25) is 0 Å². The van der Waals surface area contributed by atoms with Crippen molar-refractivity contribution in [1.82, 2.24) is 9.97 Å². The van der Waals surface area contributed by atoms with E-state index in [9.17, 15) is 0 Å². The van der Waals surface area contributed by atoms with Crippen molar-refractivity contribution in [3.63, 3.8) is 0 Å².